The Morgan fingerprint density at radius 2 is 2.11 bits per heavy atom. The zero-order chi connectivity index (χ0) is 6.95. The second kappa shape index (κ2) is 6.65. The van der Waals surface area contributed by atoms with Crippen LogP contribution in [0.3, 0.4) is 0 Å². The van der Waals surface area contributed by atoms with Crippen LogP contribution in [-0.2, 0) is 0 Å². The summed E-state index contributed by atoms with van der Waals surface area (Å²) in [6.45, 7) is 0.200. The van der Waals surface area contributed by atoms with Crippen LogP contribution >= 0.6 is 0 Å². The van der Waals surface area contributed by atoms with Crippen LogP contribution in [0.5, 0.6) is 0 Å². The summed E-state index contributed by atoms with van der Waals surface area (Å²) in [5.74, 6) is 0. The fraction of sp³-hybridized carbons (Fsp3) is 0.500. The van der Waals surface area contributed by atoms with Gasteiger partial charge in [-0.25, -0.2) is 0 Å². The Kier molecular flexibility index (Phi) is 5.65. The fourth-order valence-electron chi connectivity index (χ4n) is 0.326. The highest BCUT2D eigenvalue weighted by molar-refractivity contribution is 5.57. The van der Waals surface area contributed by atoms with Crippen molar-refractivity contribution in [3.8, 4) is 12.1 Å². The van der Waals surface area contributed by atoms with Gasteiger partial charge in [-0.3, -0.25) is 4.99 Å². The Morgan fingerprint density at radius 3 is 2.67 bits per heavy atom. The summed E-state index contributed by atoms with van der Waals surface area (Å²) in [6, 6.07) is 3.83. The molecule has 0 aliphatic carbocycles. The van der Waals surface area contributed by atoms with Gasteiger partial charge in [-0.1, -0.05) is 0 Å². The summed E-state index contributed by atoms with van der Waals surface area (Å²) in [4.78, 5) is 3.69. The van der Waals surface area contributed by atoms with E-state index in [1.807, 2.05) is 12.1 Å². The Balaban J connectivity index is 3.09. The maximum atomic E-state index is 8.05. The molecule has 46 valence electrons. The average molecular weight is 121 g/mol. The Labute approximate surface area is 54.2 Å². The maximum Gasteiger partial charge on any atom is 0.125 e. The lowest BCUT2D eigenvalue weighted by atomic mass is 10.4. The molecule has 0 aliphatic rings. The number of aliphatic imine (C=N–C) groups is 1. The molecular weight excluding hydrogens is 114 g/mol. The predicted molar refractivity (Wildman–Crippen MR) is 33.8 cm³/mol. The summed E-state index contributed by atoms with van der Waals surface area (Å²) in [5.41, 5.74) is 0. The van der Waals surface area contributed by atoms with Crippen molar-refractivity contribution in [1.82, 2.24) is 0 Å². The van der Waals surface area contributed by atoms with Gasteiger partial charge in [-0.15, -0.1) is 0 Å². The minimum atomic E-state index is 0.200. The first-order valence-corrected chi connectivity index (χ1v) is 2.64. The number of unbranched alkanes of at least 4 members (excludes halogenated alkanes) is 1. The molecule has 3 heteroatoms. The molecule has 0 bridgehead atoms. The first-order valence-electron chi connectivity index (χ1n) is 2.64. The smallest absolute Gasteiger partial charge is 0.125 e. The Bertz CT molecular complexity index is 158. The predicted octanol–water partition coefficient (Wildman–Crippen LogP) is 0.885. The van der Waals surface area contributed by atoms with Gasteiger partial charge in [0, 0.05) is 12.6 Å². The average Bonchev–Trinajstić information content (AvgIpc) is 1.89. The second-order valence-corrected chi connectivity index (χ2v) is 1.38. The SMILES string of the molecule is N#CCCC=NCC#N. The molecular formula is C6H7N3. The zero-order valence-corrected chi connectivity index (χ0v) is 5.04. The molecule has 3 nitrogen and oxygen atoms in total. The molecule has 0 aromatic heterocycles. The van der Waals surface area contributed by atoms with Crippen LogP contribution in [0.1, 0.15) is 12.8 Å². The van der Waals surface area contributed by atoms with Gasteiger partial charge in [0.15, 0.2) is 0 Å². The van der Waals surface area contributed by atoms with E-state index in [1.54, 1.807) is 6.21 Å². The molecule has 0 amide bonds. The van der Waals surface area contributed by atoms with Crippen LogP contribution in [0.2, 0.25) is 0 Å². The lowest BCUT2D eigenvalue weighted by Gasteiger charge is -1.77. The molecule has 0 aliphatic heterocycles. The summed E-state index contributed by atoms with van der Waals surface area (Å²) in [5, 5.41) is 16.0. The number of hydrogen-bond donors (Lipinski definition) is 0. The van der Waals surface area contributed by atoms with Gasteiger partial charge in [-0.05, 0) is 6.42 Å². The molecule has 0 unspecified atom stereocenters. The number of nitrogens with zero attached hydrogens (tertiary/aromatic N) is 3. The molecule has 9 heavy (non-hydrogen) atoms. The van der Waals surface area contributed by atoms with Crippen LogP contribution in [0, 0.1) is 22.7 Å². The molecule has 0 aromatic rings. The van der Waals surface area contributed by atoms with E-state index in [0.717, 1.165) is 0 Å². The lowest BCUT2D eigenvalue weighted by molar-refractivity contribution is 1.11. The van der Waals surface area contributed by atoms with E-state index in [4.69, 9.17) is 10.5 Å². The molecule has 0 saturated carbocycles. The van der Waals surface area contributed by atoms with Gasteiger partial charge in [0.25, 0.3) is 0 Å². The van der Waals surface area contributed by atoms with E-state index in [0.29, 0.717) is 12.8 Å². The summed E-state index contributed by atoms with van der Waals surface area (Å²) in [6.07, 6.45) is 2.74. The van der Waals surface area contributed by atoms with Gasteiger partial charge in [0.1, 0.15) is 6.54 Å². The van der Waals surface area contributed by atoms with Crippen molar-refractivity contribution in [2.24, 2.45) is 4.99 Å². The molecule has 0 atom stereocenters. The van der Waals surface area contributed by atoms with Crippen molar-refractivity contribution in [2.75, 3.05) is 6.54 Å². The summed E-state index contributed by atoms with van der Waals surface area (Å²) >= 11 is 0. The topological polar surface area (TPSA) is 59.9 Å². The van der Waals surface area contributed by atoms with Crippen LogP contribution < -0.4 is 0 Å². The monoisotopic (exact) mass is 121 g/mol. The standard InChI is InChI=1S/C6H7N3/c7-3-1-2-5-9-6-4-8/h5H,1-2,6H2. The fourth-order valence-corrected chi connectivity index (χ4v) is 0.326. The largest absolute Gasteiger partial charge is 0.282 e. The van der Waals surface area contributed by atoms with E-state index >= 15 is 0 Å². The normalized spacial score (nSPS) is 8.67. The third-order valence-corrected chi connectivity index (χ3v) is 0.676. The van der Waals surface area contributed by atoms with Crippen molar-refractivity contribution in [2.45, 2.75) is 12.8 Å². The third kappa shape index (κ3) is 6.65. The first kappa shape index (κ1) is 7.65. The lowest BCUT2D eigenvalue weighted by Crippen LogP contribution is -1.76. The minimum absolute atomic E-state index is 0.200. The Morgan fingerprint density at radius 1 is 1.33 bits per heavy atom. The van der Waals surface area contributed by atoms with Crippen molar-refractivity contribution in [1.29, 1.82) is 10.5 Å². The first-order chi connectivity index (χ1) is 4.41. The van der Waals surface area contributed by atoms with Gasteiger partial charge < -0.3 is 0 Å². The molecule has 0 aromatic carbocycles. The van der Waals surface area contributed by atoms with E-state index < -0.39 is 0 Å². The number of rotatable bonds is 3. The van der Waals surface area contributed by atoms with Gasteiger partial charge >= 0.3 is 0 Å². The zero-order valence-electron chi connectivity index (χ0n) is 5.04. The van der Waals surface area contributed by atoms with Crippen LogP contribution in [0.15, 0.2) is 4.99 Å². The summed E-state index contributed by atoms with van der Waals surface area (Å²) < 4.78 is 0. The van der Waals surface area contributed by atoms with Crippen molar-refractivity contribution in [3.63, 3.8) is 0 Å². The highest BCUT2D eigenvalue weighted by atomic mass is 14.7. The number of hydrogen-bond acceptors (Lipinski definition) is 3. The molecule has 0 spiro atoms. The van der Waals surface area contributed by atoms with E-state index in [2.05, 4.69) is 4.99 Å². The van der Waals surface area contributed by atoms with Crippen LogP contribution in [-0.4, -0.2) is 12.8 Å². The molecule has 0 fully saturated rings. The molecule has 0 N–H and O–H groups in total. The van der Waals surface area contributed by atoms with Crippen LogP contribution in [0.4, 0.5) is 0 Å². The molecule has 0 saturated heterocycles. The number of nitriles is 2. The molecule has 0 rings (SSSR count). The van der Waals surface area contributed by atoms with E-state index in [1.165, 1.54) is 0 Å². The van der Waals surface area contributed by atoms with Crippen molar-refractivity contribution >= 4 is 6.21 Å². The highest BCUT2D eigenvalue weighted by Gasteiger charge is 1.76. The minimum Gasteiger partial charge on any atom is -0.282 e. The van der Waals surface area contributed by atoms with Gasteiger partial charge in [0.2, 0.25) is 0 Å². The second-order valence-electron chi connectivity index (χ2n) is 1.38. The van der Waals surface area contributed by atoms with E-state index in [9.17, 15) is 0 Å². The third-order valence-electron chi connectivity index (χ3n) is 0.676. The molecule has 0 radical (unpaired) electrons. The van der Waals surface area contributed by atoms with Crippen LogP contribution in [0.25, 0.3) is 0 Å². The van der Waals surface area contributed by atoms with Crippen molar-refractivity contribution in [3.05, 3.63) is 0 Å². The van der Waals surface area contributed by atoms with Crippen molar-refractivity contribution < 1.29 is 0 Å². The quantitative estimate of drug-likeness (QED) is 0.316. The van der Waals surface area contributed by atoms with Gasteiger partial charge in [-0.2, -0.15) is 10.5 Å². The maximum absolute atomic E-state index is 8.05. The summed E-state index contributed by atoms with van der Waals surface area (Å²) in [7, 11) is 0. The van der Waals surface area contributed by atoms with Gasteiger partial charge in [0.05, 0.1) is 12.1 Å². The van der Waals surface area contributed by atoms with E-state index in [-0.39, 0.29) is 6.54 Å². The Hall–Kier alpha value is -1.35. The molecule has 0 heterocycles. The highest BCUT2D eigenvalue weighted by Crippen LogP contribution is 1.79.